The van der Waals surface area contributed by atoms with E-state index in [9.17, 15) is 21.6 Å². The summed E-state index contributed by atoms with van der Waals surface area (Å²) >= 11 is 0. The SMILES string of the molecule is CCC[C@@](C)(NS(=O)(=O)c1ccc(S(C)(=O)=O)cc1)C(=O)OC. The van der Waals surface area contributed by atoms with Gasteiger partial charge in [0.05, 0.1) is 16.9 Å². The molecule has 1 aromatic rings. The number of carbonyl (C=O) groups is 1. The lowest BCUT2D eigenvalue weighted by atomic mass is 9.98. The van der Waals surface area contributed by atoms with Crippen molar-refractivity contribution in [3.63, 3.8) is 0 Å². The second-order valence-corrected chi connectivity index (χ2v) is 9.12. The smallest absolute Gasteiger partial charge is 0.326 e. The Morgan fingerprint density at radius 3 is 2.00 bits per heavy atom. The number of rotatable bonds is 7. The molecule has 130 valence electrons. The van der Waals surface area contributed by atoms with Crippen LogP contribution in [0.4, 0.5) is 0 Å². The van der Waals surface area contributed by atoms with E-state index in [0.717, 1.165) is 6.26 Å². The Hall–Kier alpha value is -1.45. The molecule has 0 aliphatic heterocycles. The van der Waals surface area contributed by atoms with Crippen molar-refractivity contribution in [1.82, 2.24) is 4.72 Å². The van der Waals surface area contributed by atoms with Crippen LogP contribution in [0.3, 0.4) is 0 Å². The molecule has 0 spiro atoms. The summed E-state index contributed by atoms with van der Waals surface area (Å²) in [5, 5.41) is 0. The van der Waals surface area contributed by atoms with Gasteiger partial charge in [0.25, 0.3) is 0 Å². The number of sulfonamides is 1. The Balaban J connectivity index is 3.18. The van der Waals surface area contributed by atoms with Gasteiger partial charge in [-0.15, -0.1) is 0 Å². The summed E-state index contributed by atoms with van der Waals surface area (Å²) < 4.78 is 54.7. The zero-order valence-electron chi connectivity index (χ0n) is 13.5. The van der Waals surface area contributed by atoms with Crippen molar-refractivity contribution in [2.75, 3.05) is 13.4 Å². The van der Waals surface area contributed by atoms with Crippen LogP contribution in [-0.2, 0) is 29.4 Å². The molecular formula is C14H21NO6S2. The Bertz CT molecular complexity index is 768. The molecule has 23 heavy (non-hydrogen) atoms. The van der Waals surface area contributed by atoms with Gasteiger partial charge < -0.3 is 4.74 Å². The normalized spacial score (nSPS) is 15.0. The fourth-order valence-corrected chi connectivity index (χ4v) is 4.16. The maximum atomic E-state index is 12.4. The van der Waals surface area contributed by atoms with E-state index in [2.05, 4.69) is 9.46 Å². The molecular weight excluding hydrogens is 342 g/mol. The van der Waals surface area contributed by atoms with E-state index >= 15 is 0 Å². The van der Waals surface area contributed by atoms with Gasteiger partial charge >= 0.3 is 5.97 Å². The molecule has 0 saturated carbocycles. The van der Waals surface area contributed by atoms with E-state index in [1.807, 2.05) is 6.92 Å². The number of benzene rings is 1. The van der Waals surface area contributed by atoms with Gasteiger partial charge in [0.1, 0.15) is 5.54 Å². The highest BCUT2D eigenvalue weighted by atomic mass is 32.2. The molecule has 0 unspecified atom stereocenters. The van der Waals surface area contributed by atoms with Crippen LogP contribution in [-0.4, -0.2) is 41.7 Å². The fourth-order valence-electron chi connectivity index (χ4n) is 2.14. The third-order valence-electron chi connectivity index (χ3n) is 3.31. The van der Waals surface area contributed by atoms with Gasteiger partial charge in [-0.2, -0.15) is 4.72 Å². The van der Waals surface area contributed by atoms with Crippen molar-refractivity contribution < 1.29 is 26.4 Å². The van der Waals surface area contributed by atoms with Gasteiger partial charge in [-0.1, -0.05) is 13.3 Å². The summed E-state index contributed by atoms with van der Waals surface area (Å²) in [6.07, 6.45) is 1.87. The summed E-state index contributed by atoms with van der Waals surface area (Å²) in [6.45, 7) is 3.27. The predicted octanol–water partition coefficient (Wildman–Crippen LogP) is 1.10. The lowest BCUT2D eigenvalue weighted by molar-refractivity contribution is -0.147. The van der Waals surface area contributed by atoms with Crippen LogP contribution >= 0.6 is 0 Å². The van der Waals surface area contributed by atoms with Gasteiger partial charge in [-0.25, -0.2) is 16.8 Å². The van der Waals surface area contributed by atoms with Crippen molar-refractivity contribution in [1.29, 1.82) is 0 Å². The zero-order valence-corrected chi connectivity index (χ0v) is 15.1. The Kier molecular flexibility index (Phi) is 5.95. The molecule has 0 aliphatic carbocycles. The Labute approximate surface area is 137 Å². The minimum absolute atomic E-state index is 0.0146. The average Bonchev–Trinajstić information content (AvgIpc) is 2.45. The summed E-state index contributed by atoms with van der Waals surface area (Å²) in [6, 6.07) is 4.78. The highest BCUT2D eigenvalue weighted by Gasteiger charge is 2.38. The van der Waals surface area contributed by atoms with Crippen LogP contribution in [0, 0.1) is 0 Å². The van der Waals surface area contributed by atoms with E-state index in [-0.39, 0.29) is 16.2 Å². The summed E-state index contributed by atoms with van der Waals surface area (Å²) in [7, 11) is -6.23. The van der Waals surface area contributed by atoms with Gasteiger partial charge in [-0.3, -0.25) is 4.79 Å². The van der Waals surface area contributed by atoms with Crippen molar-refractivity contribution >= 4 is 25.8 Å². The standard InChI is InChI=1S/C14H21NO6S2/c1-5-10-14(2,13(16)21-3)15-23(19,20)12-8-6-11(7-9-12)22(4,17)18/h6-9,15H,5,10H2,1-4H3/t14-/m1/s1. The van der Waals surface area contributed by atoms with Crippen LogP contribution in [0.15, 0.2) is 34.1 Å². The number of hydrogen-bond donors (Lipinski definition) is 1. The molecule has 9 heteroatoms. The number of carbonyl (C=O) groups excluding carboxylic acids is 1. The molecule has 1 N–H and O–H groups in total. The molecule has 0 radical (unpaired) electrons. The minimum atomic E-state index is -4.00. The number of hydrogen-bond acceptors (Lipinski definition) is 6. The maximum absolute atomic E-state index is 12.4. The molecule has 7 nitrogen and oxygen atoms in total. The Morgan fingerprint density at radius 2 is 1.61 bits per heavy atom. The average molecular weight is 363 g/mol. The molecule has 0 saturated heterocycles. The van der Waals surface area contributed by atoms with Crippen molar-refractivity contribution in [2.24, 2.45) is 0 Å². The second-order valence-electron chi connectivity index (χ2n) is 5.42. The maximum Gasteiger partial charge on any atom is 0.326 e. The largest absolute Gasteiger partial charge is 0.468 e. The zero-order chi connectivity index (χ0) is 17.9. The van der Waals surface area contributed by atoms with Crippen LogP contribution in [0.2, 0.25) is 0 Å². The molecule has 1 aromatic carbocycles. The topological polar surface area (TPSA) is 107 Å². The van der Waals surface area contributed by atoms with E-state index in [1.54, 1.807) is 0 Å². The molecule has 0 aliphatic rings. The van der Waals surface area contributed by atoms with Gasteiger partial charge in [0.2, 0.25) is 10.0 Å². The minimum Gasteiger partial charge on any atom is -0.468 e. The van der Waals surface area contributed by atoms with E-state index < -0.39 is 31.4 Å². The predicted molar refractivity (Wildman–Crippen MR) is 85.2 cm³/mol. The van der Waals surface area contributed by atoms with Crippen LogP contribution in [0.25, 0.3) is 0 Å². The van der Waals surface area contributed by atoms with Crippen molar-refractivity contribution in [3.8, 4) is 0 Å². The van der Waals surface area contributed by atoms with Crippen molar-refractivity contribution in [2.45, 2.75) is 42.0 Å². The quantitative estimate of drug-likeness (QED) is 0.727. The molecule has 0 fully saturated rings. The van der Waals surface area contributed by atoms with Gasteiger partial charge in [-0.05, 0) is 37.6 Å². The number of sulfone groups is 1. The first-order chi connectivity index (χ1) is 10.5. The number of nitrogens with one attached hydrogen (secondary N) is 1. The third kappa shape index (κ3) is 4.76. The highest BCUT2D eigenvalue weighted by Crippen LogP contribution is 2.20. The fraction of sp³-hybridized carbons (Fsp3) is 0.500. The second kappa shape index (κ2) is 6.98. The van der Waals surface area contributed by atoms with Gasteiger partial charge in [0.15, 0.2) is 9.84 Å². The van der Waals surface area contributed by atoms with E-state index in [1.165, 1.54) is 38.3 Å². The first-order valence-corrected chi connectivity index (χ1v) is 10.3. The van der Waals surface area contributed by atoms with Gasteiger partial charge in [0, 0.05) is 6.26 Å². The van der Waals surface area contributed by atoms with E-state index in [0.29, 0.717) is 6.42 Å². The van der Waals surface area contributed by atoms with Crippen LogP contribution < -0.4 is 4.72 Å². The summed E-state index contributed by atoms with van der Waals surface area (Å²) in [5.41, 5.74) is -1.39. The van der Waals surface area contributed by atoms with Crippen molar-refractivity contribution in [3.05, 3.63) is 24.3 Å². The lowest BCUT2D eigenvalue weighted by Gasteiger charge is -2.27. The molecule has 1 atom stereocenters. The first kappa shape index (κ1) is 19.6. The number of esters is 1. The first-order valence-electron chi connectivity index (χ1n) is 6.89. The molecule has 0 aromatic heterocycles. The molecule has 0 heterocycles. The van der Waals surface area contributed by atoms with Crippen LogP contribution in [0.1, 0.15) is 26.7 Å². The number of ether oxygens (including phenoxy) is 1. The monoisotopic (exact) mass is 363 g/mol. The Morgan fingerprint density at radius 1 is 1.13 bits per heavy atom. The molecule has 0 amide bonds. The van der Waals surface area contributed by atoms with Crippen LogP contribution in [0.5, 0.6) is 0 Å². The van der Waals surface area contributed by atoms with E-state index in [4.69, 9.17) is 0 Å². The summed E-state index contributed by atoms with van der Waals surface area (Å²) in [5.74, 6) is -0.685. The third-order valence-corrected chi connectivity index (χ3v) is 6.05. The number of methoxy groups -OCH3 is 1. The summed E-state index contributed by atoms with van der Waals surface area (Å²) in [4.78, 5) is 11.8. The highest BCUT2D eigenvalue weighted by molar-refractivity contribution is 7.90. The lowest BCUT2D eigenvalue weighted by Crippen LogP contribution is -2.52. The molecule has 0 bridgehead atoms. The molecule has 1 rings (SSSR count).